The first-order valence-corrected chi connectivity index (χ1v) is 8.21. The Kier molecular flexibility index (Phi) is 5.98. The summed E-state index contributed by atoms with van der Waals surface area (Å²) in [6, 6.07) is 9.06. The molecule has 0 atom stereocenters. The second-order valence-electron chi connectivity index (χ2n) is 3.92. The molecule has 0 bridgehead atoms. The highest BCUT2D eigenvalue weighted by atomic mass is 127. The van der Waals surface area contributed by atoms with Gasteiger partial charge in [0.1, 0.15) is 11.5 Å². The van der Waals surface area contributed by atoms with Crippen molar-refractivity contribution < 1.29 is 13.2 Å². The largest absolute Gasteiger partial charge is 0.463 e. The summed E-state index contributed by atoms with van der Waals surface area (Å²) in [5.41, 5.74) is 0.954. The van der Waals surface area contributed by atoms with Crippen LogP contribution in [0.3, 0.4) is 0 Å². The van der Waals surface area contributed by atoms with Gasteiger partial charge in [-0.15, -0.1) is 0 Å². The number of hydrogen-bond acceptors (Lipinski definition) is 3. The summed E-state index contributed by atoms with van der Waals surface area (Å²) in [5.74, 6) is -0.938. The van der Waals surface area contributed by atoms with Gasteiger partial charge in [-0.3, -0.25) is 0 Å². The number of benzene rings is 1. The molecule has 1 N–H and O–H groups in total. The third-order valence-electron chi connectivity index (χ3n) is 2.45. The highest BCUT2D eigenvalue weighted by Gasteiger charge is 2.08. The molecule has 0 saturated heterocycles. The van der Waals surface area contributed by atoms with Gasteiger partial charge in [-0.2, -0.15) is 8.78 Å². The minimum Gasteiger partial charge on any atom is -0.463 e. The minimum absolute atomic E-state index is 0.177. The molecule has 0 aliphatic heterocycles. The molecule has 2 rings (SSSR count). The van der Waals surface area contributed by atoms with E-state index in [1.165, 1.54) is 0 Å². The van der Waals surface area contributed by atoms with Gasteiger partial charge >= 0.3 is 0 Å². The third-order valence-corrected chi connectivity index (χ3v) is 4.28. The topological polar surface area (TPSA) is 25.2 Å². The standard InChI is InChI=1S/C13H11ClF2INOS/c14-8-1-4-12(11(17)5-8)18-6-9-2-3-10(19-9)7-20-13(15)16/h1-5,13,18H,6-7H2. The van der Waals surface area contributed by atoms with Gasteiger partial charge in [0.05, 0.1) is 12.3 Å². The Balaban J connectivity index is 1.90. The number of alkyl halides is 2. The lowest BCUT2D eigenvalue weighted by atomic mass is 10.3. The van der Waals surface area contributed by atoms with Gasteiger partial charge in [0.25, 0.3) is 5.76 Å². The SMILES string of the molecule is FC(F)SCc1ccc(CNc2ccc(Cl)cc2I)o1. The van der Waals surface area contributed by atoms with E-state index in [1.54, 1.807) is 18.2 Å². The first kappa shape index (κ1) is 15.9. The number of thioether (sulfide) groups is 1. The average Bonchev–Trinajstić information content (AvgIpc) is 2.83. The van der Waals surface area contributed by atoms with Crippen molar-refractivity contribution in [3.63, 3.8) is 0 Å². The van der Waals surface area contributed by atoms with Gasteiger partial charge < -0.3 is 9.73 Å². The predicted molar refractivity (Wildman–Crippen MR) is 87.5 cm³/mol. The monoisotopic (exact) mass is 429 g/mol. The van der Waals surface area contributed by atoms with Crippen LogP contribution >= 0.6 is 46.0 Å². The van der Waals surface area contributed by atoms with E-state index in [9.17, 15) is 8.78 Å². The molecule has 0 radical (unpaired) electrons. The quantitative estimate of drug-likeness (QED) is 0.605. The van der Waals surface area contributed by atoms with Crippen molar-refractivity contribution in [2.45, 2.75) is 18.1 Å². The van der Waals surface area contributed by atoms with Gasteiger partial charge in [0.2, 0.25) is 0 Å². The van der Waals surface area contributed by atoms with E-state index in [4.69, 9.17) is 16.0 Å². The lowest BCUT2D eigenvalue weighted by Gasteiger charge is -2.07. The third kappa shape index (κ3) is 4.82. The number of nitrogens with one attached hydrogen (secondary N) is 1. The number of furan rings is 1. The molecule has 108 valence electrons. The van der Waals surface area contributed by atoms with E-state index in [2.05, 4.69) is 27.9 Å². The first-order valence-electron chi connectivity index (χ1n) is 5.71. The average molecular weight is 430 g/mol. The molecule has 0 fully saturated rings. The second-order valence-corrected chi connectivity index (χ2v) is 6.49. The number of rotatable bonds is 6. The zero-order chi connectivity index (χ0) is 14.5. The van der Waals surface area contributed by atoms with E-state index in [0.717, 1.165) is 9.26 Å². The summed E-state index contributed by atoms with van der Waals surface area (Å²) in [4.78, 5) is 0. The second kappa shape index (κ2) is 7.51. The Morgan fingerprint density at radius 2 is 2.00 bits per heavy atom. The smallest absolute Gasteiger partial charge is 0.284 e. The molecule has 2 nitrogen and oxygen atoms in total. The van der Waals surface area contributed by atoms with Crippen LogP contribution in [0.25, 0.3) is 0 Å². The highest BCUT2D eigenvalue weighted by molar-refractivity contribution is 14.1. The molecule has 1 aromatic heterocycles. The zero-order valence-electron chi connectivity index (χ0n) is 10.2. The van der Waals surface area contributed by atoms with E-state index >= 15 is 0 Å². The van der Waals surface area contributed by atoms with E-state index in [0.29, 0.717) is 34.8 Å². The van der Waals surface area contributed by atoms with Gasteiger partial charge in [-0.25, -0.2) is 0 Å². The zero-order valence-corrected chi connectivity index (χ0v) is 13.9. The molecule has 0 spiro atoms. The Morgan fingerprint density at radius 3 is 2.70 bits per heavy atom. The maximum atomic E-state index is 12.1. The number of hydrogen-bond donors (Lipinski definition) is 1. The van der Waals surface area contributed by atoms with Crippen molar-refractivity contribution in [2.24, 2.45) is 0 Å². The van der Waals surface area contributed by atoms with Gasteiger partial charge in [-0.1, -0.05) is 23.4 Å². The Hall–Kier alpha value is -0.470. The van der Waals surface area contributed by atoms with Crippen molar-refractivity contribution in [2.75, 3.05) is 5.32 Å². The van der Waals surface area contributed by atoms with Crippen molar-refractivity contribution in [1.29, 1.82) is 0 Å². The predicted octanol–water partition coefficient (Wildman–Crippen LogP) is 5.61. The molecule has 0 unspecified atom stereocenters. The molecule has 20 heavy (non-hydrogen) atoms. The van der Waals surface area contributed by atoms with Crippen molar-refractivity contribution >= 4 is 51.6 Å². The van der Waals surface area contributed by atoms with Crippen LogP contribution in [-0.4, -0.2) is 5.76 Å². The van der Waals surface area contributed by atoms with Crippen LogP contribution in [0.2, 0.25) is 5.02 Å². The van der Waals surface area contributed by atoms with Gasteiger partial charge in [0.15, 0.2) is 0 Å². The molecular formula is C13H11ClF2INOS. The molecule has 1 aromatic carbocycles. The summed E-state index contributed by atoms with van der Waals surface area (Å²) in [6.45, 7) is 0.497. The van der Waals surface area contributed by atoms with Crippen molar-refractivity contribution in [1.82, 2.24) is 0 Å². The van der Waals surface area contributed by atoms with Crippen molar-refractivity contribution in [3.8, 4) is 0 Å². The number of anilines is 1. The molecule has 0 amide bonds. The van der Waals surface area contributed by atoms with Gasteiger partial charge in [0, 0.05) is 14.3 Å². The molecule has 2 aromatic rings. The summed E-state index contributed by atoms with van der Waals surface area (Å²) in [6.07, 6.45) is 0. The van der Waals surface area contributed by atoms with Crippen LogP contribution in [0, 0.1) is 3.57 Å². The van der Waals surface area contributed by atoms with E-state index in [1.807, 2.05) is 12.1 Å². The summed E-state index contributed by atoms with van der Waals surface area (Å²) >= 11 is 8.63. The Morgan fingerprint density at radius 1 is 1.25 bits per heavy atom. The van der Waals surface area contributed by atoms with Crippen LogP contribution in [0.4, 0.5) is 14.5 Å². The highest BCUT2D eigenvalue weighted by Crippen LogP contribution is 2.24. The lowest BCUT2D eigenvalue weighted by Crippen LogP contribution is -1.99. The molecule has 0 aliphatic carbocycles. The fourth-order valence-electron chi connectivity index (χ4n) is 1.56. The molecule has 0 saturated carbocycles. The van der Waals surface area contributed by atoms with Crippen LogP contribution in [-0.2, 0) is 12.3 Å². The normalized spacial score (nSPS) is 11.1. The molecular weight excluding hydrogens is 419 g/mol. The Bertz CT molecular complexity index is 579. The molecule has 1 heterocycles. The van der Waals surface area contributed by atoms with Crippen LogP contribution < -0.4 is 5.32 Å². The van der Waals surface area contributed by atoms with E-state index < -0.39 is 5.76 Å². The summed E-state index contributed by atoms with van der Waals surface area (Å²) < 4.78 is 30.6. The lowest BCUT2D eigenvalue weighted by molar-refractivity contribution is 0.251. The molecule has 7 heteroatoms. The van der Waals surface area contributed by atoms with Gasteiger partial charge in [-0.05, 0) is 52.9 Å². The summed E-state index contributed by atoms with van der Waals surface area (Å²) in [5, 5.41) is 3.90. The van der Waals surface area contributed by atoms with E-state index in [-0.39, 0.29) is 5.75 Å². The summed E-state index contributed by atoms with van der Waals surface area (Å²) in [7, 11) is 0. The van der Waals surface area contributed by atoms with Crippen LogP contribution in [0.5, 0.6) is 0 Å². The van der Waals surface area contributed by atoms with Crippen LogP contribution in [0.15, 0.2) is 34.7 Å². The maximum Gasteiger partial charge on any atom is 0.284 e. The molecule has 0 aliphatic rings. The van der Waals surface area contributed by atoms with Crippen LogP contribution in [0.1, 0.15) is 11.5 Å². The minimum atomic E-state index is -2.38. The fraction of sp³-hybridized carbons (Fsp3) is 0.231. The Labute approximate surface area is 138 Å². The maximum absolute atomic E-state index is 12.1. The fourth-order valence-corrected chi connectivity index (χ4v) is 3.06. The first-order chi connectivity index (χ1) is 9.54. The van der Waals surface area contributed by atoms with Crippen molar-refractivity contribution in [3.05, 3.63) is 50.4 Å². The number of halogens is 4.